The first-order chi connectivity index (χ1) is 8.81. The highest BCUT2D eigenvalue weighted by atomic mass is 16.7. The quantitative estimate of drug-likeness (QED) is 0.763. The van der Waals surface area contributed by atoms with Crippen LogP contribution in [0.5, 0.6) is 0 Å². The lowest BCUT2D eigenvalue weighted by atomic mass is 9.95. The van der Waals surface area contributed by atoms with E-state index in [0.29, 0.717) is 25.2 Å². The van der Waals surface area contributed by atoms with E-state index in [4.69, 9.17) is 14.7 Å². The molecule has 0 amide bonds. The molecule has 0 bridgehead atoms. The van der Waals surface area contributed by atoms with Crippen LogP contribution in [0, 0.1) is 17.2 Å². The Kier molecular flexibility index (Phi) is 4.46. The van der Waals surface area contributed by atoms with E-state index in [2.05, 4.69) is 0 Å². The van der Waals surface area contributed by atoms with Gasteiger partial charge in [0.2, 0.25) is 0 Å². The Labute approximate surface area is 106 Å². The van der Waals surface area contributed by atoms with Crippen molar-refractivity contribution < 1.29 is 14.3 Å². The highest BCUT2D eigenvalue weighted by molar-refractivity contribution is 5.99. The first-order valence-corrected chi connectivity index (χ1v) is 6.03. The van der Waals surface area contributed by atoms with Gasteiger partial charge in [-0.3, -0.25) is 4.79 Å². The number of hydrogen-bond donors (Lipinski definition) is 0. The number of rotatable bonds is 4. The van der Waals surface area contributed by atoms with Gasteiger partial charge in [-0.25, -0.2) is 0 Å². The molecule has 2 rings (SSSR count). The average molecular weight is 245 g/mol. The van der Waals surface area contributed by atoms with E-state index in [-0.39, 0.29) is 5.78 Å². The molecule has 0 saturated carbocycles. The molecule has 0 spiro atoms. The fourth-order valence-electron chi connectivity index (χ4n) is 1.89. The molecule has 1 aliphatic heterocycles. The highest BCUT2D eigenvalue weighted by Crippen LogP contribution is 2.18. The molecule has 1 aromatic rings. The topological polar surface area (TPSA) is 59.3 Å². The third-order valence-corrected chi connectivity index (χ3v) is 2.85. The van der Waals surface area contributed by atoms with Crippen molar-refractivity contribution in [1.29, 1.82) is 5.26 Å². The summed E-state index contributed by atoms with van der Waals surface area (Å²) in [6, 6.07) is 10.9. The van der Waals surface area contributed by atoms with Crippen molar-refractivity contribution in [2.45, 2.75) is 19.1 Å². The lowest BCUT2D eigenvalue weighted by molar-refractivity contribution is -0.183. The van der Waals surface area contributed by atoms with Gasteiger partial charge in [-0.15, -0.1) is 0 Å². The van der Waals surface area contributed by atoms with E-state index < -0.39 is 12.2 Å². The molecule has 0 aliphatic carbocycles. The normalized spacial score (nSPS) is 17.9. The second kappa shape index (κ2) is 6.29. The minimum atomic E-state index is -0.713. The Hall–Kier alpha value is -1.70. The van der Waals surface area contributed by atoms with Gasteiger partial charge in [0.25, 0.3) is 0 Å². The Morgan fingerprint density at radius 1 is 1.33 bits per heavy atom. The van der Waals surface area contributed by atoms with Crippen molar-refractivity contribution in [2.75, 3.05) is 13.2 Å². The summed E-state index contributed by atoms with van der Waals surface area (Å²) < 4.78 is 10.7. The summed E-state index contributed by atoms with van der Waals surface area (Å²) in [5, 5.41) is 9.11. The number of Topliss-reactive ketones (excluding diaryl/α,β-unsaturated/α-hetero) is 1. The minimum Gasteiger partial charge on any atom is -0.353 e. The van der Waals surface area contributed by atoms with E-state index in [9.17, 15) is 4.79 Å². The minimum absolute atomic E-state index is 0.170. The zero-order valence-corrected chi connectivity index (χ0v) is 10.0. The molecule has 94 valence electrons. The Morgan fingerprint density at radius 2 is 2.00 bits per heavy atom. The monoisotopic (exact) mass is 245 g/mol. The maximum atomic E-state index is 12.1. The number of carbonyl (C=O) groups excluding carboxylic acids is 1. The maximum Gasteiger partial charge on any atom is 0.180 e. The molecular weight excluding hydrogens is 230 g/mol. The van der Waals surface area contributed by atoms with Crippen LogP contribution in [-0.4, -0.2) is 25.3 Å². The molecule has 1 aromatic carbocycles. The van der Waals surface area contributed by atoms with Gasteiger partial charge in [-0.2, -0.15) is 5.26 Å². The SMILES string of the molecule is N#CC(CC1OCCCO1)C(=O)c1ccccc1. The summed E-state index contributed by atoms with van der Waals surface area (Å²) in [5.41, 5.74) is 0.555. The lowest BCUT2D eigenvalue weighted by Gasteiger charge is -2.24. The van der Waals surface area contributed by atoms with Gasteiger partial charge in [0.05, 0.1) is 19.3 Å². The fourth-order valence-corrected chi connectivity index (χ4v) is 1.89. The standard InChI is InChI=1S/C14H15NO3/c15-10-12(9-13-17-7-4-8-18-13)14(16)11-5-2-1-3-6-11/h1-3,5-6,12-13H,4,7-9H2. The molecule has 18 heavy (non-hydrogen) atoms. The van der Waals surface area contributed by atoms with Crippen LogP contribution in [0.25, 0.3) is 0 Å². The van der Waals surface area contributed by atoms with Crippen LogP contribution in [0.3, 0.4) is 0 Å². The van der Waals surface area contributed by atoms with E-state index in [1.165, 1.54) is 0 Å². The van der Waals surface area contributed by atoms with E-state index in [0.717, 1.165) is 6.42 Å². The molecule has 0 radical (unpaired) electrons. The maximum absolute atomic E-state index is 12.1. The van der Waals surface area contributed by atoms with Crippen molar-refractivity contribution in [3.8, 4) is 6.07 Å². The van der Waals surface area contributed by atoms with E-state index in [1.54, 1.807) is 24.3 Å². The van der Waals surface area contributed by atoms with Crippen LogP contribution in [0.1, 0.15) is 23.2 Å². The predicted molar refractivity (Wildman–Crippen MR) is 64.8 cm³/mol. The molecule has 4 nitrogen and oxygen atoms in total. The molecule has 1 atom stereocenters. The number of benzene rings is 1. The van der Waals surface area contributed by atoms with Crippen LogP contribution in [0.4, 0.5) is 0 Å². The summed E-state index contributed by atoms with van der Waals surface area (Å²) in [6.07, 6.45) is 0.723. The molecule has 0 N–H and O–H groups in total. The van der Waals surface area contributed by atoms with Gasteiger partial charge in [0.15, 0.2) is 12.1 Å². The van der Waals surface area contributed by atoms with Crippen molar-refractivity contribution in [2.24, 2.45) is 5.92 Å². The number of ether oxygens (including phenoxy) is 2. The summed E-state index contributed by atoms with van der Waals surface area (Å²) in [4.78, 5) is 12.1. The number of nitrogens with zero attached hydrogens (tertiary/aromatic N) is 1. The molecule has 1 saturated heterocycles. The first-order valence-electron chi connectivity index (χ1n) is 6.03. The highest BCUT2D eigenvalue weighted by Gasteiger charge is 2.26. The molecule has 1 heterocycles. The first kappa shape index (κ1) is 12.7. The molecular formula is C14H15NO3. The third-order valence-electron chi connectivity index (χ3n) is 2.85. The summed E-state index contributed by atoms with van der Waals surface area (Å²) in [7, 11) is 0. The Balaban J connectivity index is 2.00. The smallest absolute Gasteiger partial charge is 0.180 e. The van der Waals surface area contributed by atoms with Crippen molar-refractivity contribution >= 4 is 5.78 Å². The molecule has 1 unspecified atom stereocenters. The lowest BCUT2D eigenvalue weighted by Crippen LogP contribution is -2.29. The zero-order valence-electron chi connectivity index (χ0n) is 10.0. The van der Waals surface area contributed by atoms with Crippen LogP contribution >= 0.6 is 0 Å². The van der Waals surface area contributed by atoms with E-state index >= 15 is 0 Å². The second-order valence-corrected chi connectivity index (χ2v) is 4.17. The van der Waals surface area contributed by atoms with Gasteiger partial charge in [-0.1, -0.05) is 30.3 Å². The van der Waals surface area contributed by atoms with Crippen molar-refractivity contribution in [3.63, 3.8) is 0 Å². The van der Waals surface area contributed by atoms with Crippen molar-refractivity contribution in [3.05, 3.63) is 35.9 Å². The molecule has 1 aliphatic rings. The van der Waals surface area contributed by atoms with Crippen LogP contribution in [0.2, 0.25) is 0 Å². The number of hydrogen-bond acceptors (Lipinski definition) is 4. The third kappa shape index (κ3) is 3.16. The second-order valence-electron chi connectivity index (χ2n) is 4.17. The van der Waals surface area contributed by atoms with E-state index in [1.807, 2.05) is 12.1 Å². The van der Waals surface area contributed by atoms with Gasteiger partial charge < -0.3 is 9.47 Å². The van der Waals surface area contributed by atoms with Gasteiger partial charge >= 0.3 is 0 Å². The Bertz CT molecular complexity index is 432. The van der Waals surface area contributed by atoms with Crippen LogP contribution < -0.4 is 0 Å². The average Bonchev–Trinajstić information content (AvgIpc) is 2.46. The Morgan fingerprint density at radius 3 is 2.61 bits per heavy atom. The molecule has 0 aromatic heterocycles. The predicted octanol–water partition coefficient (Wildman–Crippen LogP) is 2.16. The number of ketones is 1. The largest absolute Gasteiger partial charge is 0.353 e. The van der Waals surface area contributed by atoms with Gasteiger partial charge in [0.1, 0.15) is 5.92 Å². The zero-order chi connectivity index (χ0) is 12.8. The number of carbonyl (C=O) groups is 1. The fraction of sp³-hybridized carbons (Fsp3) is 0.429. The van der Waals surface area contributed by atoms with Crippen molar-refractivity contribution in [1.82, 2.24) is 0 Å². The van der Waals surface area contributed by atoms with Crippen LogP contribution in [-0.2, 0) is 9.47 Å². The summed E-state index contributed by atoms with van der Waals surface area (Å²) >= 11 is 0. The van der Waals surface area contributed by atoms with Gasteiger partial charge in [-0.05, 0) is 6.42 Å². The summed E-state index contributed by atoms with van der Waals surface area (Å²) in [5.74, 6) is -0.883. The summed E-state index contributed by atoms with van der Waals surface area (Å²) in [6.45, 7) is 1.25. The number of nitriles is 1. The molecule has 4 heteroatoms. The van der Waals surface area contributed by atoms with Crippen LogP contribution in [0.15, 0.2) is 30.3 Å². The molecule has 1 fully saturated rings. The van der Waals surface area contributed by atoms with Gasteiger partial charge in [0, 0.05) is 12.0 Å².